The van der Waals surface area contributed by atoms with Crippen molar-refractivity contribution in [2.24, 2.45) is 0 Å². The van der Waals surface area contributed by atoms with Gasteiger partial charge in [-0.15, -0.1) is 11.3 Å². The molecular weight excluding hydrogens is 294 g/mol. The van der Waals surface area contributed by atoms with Crippen molar-refractivity contribution in [1.82, 2.24) is 4.98 Å². The summed E-state index contributed by atoms with van der Waals surface area (Å²) in [6.45, 7) is 0. The molecule has 1 aromatic carbocycles. The number of thiazole rings is 1. The number of aryl methyl sites for hydroxylation is 2. The number of hydrogen-bond donors (Lipinski definition) is 2. The largest absolute Gasteiger partial charge is 0.387 e. The van der Waals surface area contributed by atoms with E-state index in [0.717, 1.165) is 25.0 Å². The summed E-state index contributed by atoms with van der Waals surface area (Å²) in [5, 5.41) is 3.35. The minimum Gasteiger partial charge on any atom is -0.387 e. The molecule has 1 aliphatic carbocycles. The molecule has 0 radical (unpaired) electrons. The zero-order chi connectivity index (χ0) is 14.2. The Bertz CT molecular complexity index is 716. The summed E-state index contributed by atoms with van der Waals surface area (Å²) in [5.41, 5.74) is 1.61. The van der Waals surface area contributed by atoms with Gasteiger partial charge in [0.2, 0.25) is 0 Å². The second kappa shape index (κ2) is 5.06. The first-order valence-electron chi connectivity index (χ1n) is 6.38. The summed E-state index contributed by atoms with van der Waals surface area (Å²) >= 11 is 1.44. The van der Waals surface area contributed by atoms with Gasteiger partial charge < -0.3 is 5.32 Å². The Morgan fingerprint density at radius 1 is 1.25 bits per heavy atom. The number of sulfonamides is 1. The molecule has 7 heteroatoms. The lowest BCUT2D eigenvalue weighted by molar-refractivity contribution is 0.601. The van der Waals surface area contributed by atoms with Gasteiger partial charge in [0, 0.05) is 11.9 Å². The summed E-state index contributed by atoms with van der Waals surface area (Å²) in [6.07, 6.45) is 3.06. The van der Waals surface area contributed by atoms with E-state index in [1.807, 2.05) is 0 Å². The quantitative estimate of drug-likeness (QED) is 0.910. The van der Waals surface area contributed by atoms with Crippen LogP contribution in [0.1, 0.15) is 17.0 Å². The average molecular weight is 309 g/mol. The molecule has 0 saturated carbocycles. The van der Waals surface area contributed by atoms with Gasteiger partial charge in [0.05, 0.1) is 11.4 Å². The monoisotopic (exact) mass is 309 g/mol. The Labute approximate surface area is 122 Å². The van der Waals surface area contributed by atoms with E-state index in [4.69, 9.17) is 0 Å². The van der Waals surface area contributed by atoms with Gasteiger partial charge in [0.15, 0.2) is 5.13 Å². The normalized spacial score (nSPS) is 14.1. The van der Waals surface area contributed by atoms with Crippen molar-refractivity contribution >= 4 is 32.2 Å². The van der Waals surface area contributed by atoms with Crippen LogP contribution in [0.15, 0.2) is 29.2 Å². The van der Waals surface area contributed by atoms with E-state index in [-0.39, 0.29) is 4.90 Å². The van der Waals surface area contributed by atoms with Crippen LogP contribution in [0.5, 0.6) is 0 Å². The van der Waals surface area contributed by atoms with Crippen molar-refractivity contribution < 1.29 is 8.42 Å². The van der Waals surface area contributed by atoms with Crippen LogP contribution in [-0.4, -0.2) is 20.4 Å². The van der Waals surface area contributed by atoms with Crippen molar-refractivity contribution in [3.8, 4) is 0 Å². The van der Waals surface area contributed by atoms with E-state index >= 15 is 0 Å². The number of fused-ring (bicyclic) bond motifs is 1. The van der Waals surface area contributed by atoms with E-state index in [1.54, 1.807) is 31.3 Å². The molecule has 0 fully saturated rings. The van der Waals surface area contributed by atoms with Crippen molar-refractivity contribution in [3.05, 3.63) is 34.8 Å². The molecule has 1 heterocycles. The van der Waals surface area contributed by atoms with Gasteiger partial charge in [-0.2, -0.15) is 0 Å². The molecule has 2 aromatic rings. The molecule has 1 aliphatic rings. The Hall–Kier alpha value is -1.60. The maximum Gasteiger partial charge on any atom is 0.265 e. The van der Waals surface area contributed by atoms with E-state index in [0.29, 0.717) is 10.8 Å². The molecule has 2 N–H and O–H groups in total. The lowest BCUT2D eigenvalue weighted by atomic mass is 10.3. The number of para-hydroxylation sites is 1. The predicted molar refractivity (Wildman–Crippen MR) is 80.9 cm³/mol. The van der Waals surface area contributed by atoms with Gasteiger partial charge in [0.1, 0.15) is 4.90 Å². The topological polar surface area (TPSA) is 71.1 Å². The molecule has 0 atom stereocenters. The molecule has 106 valence electrons. The second-order valence-electron chi connectivity index (χ2n) is 4.59. The number of nitrogens with zero attached hydrogens (tertiary/aromatic N) is 1. The average Bonchev–Trinajstić information content (AvgIpc) is 2.99. The van der Waals surface area contributed by atoms with Crippen LogP contribution in [-0.2, 0) is 22.9 Å². The first-order valence-corrected chi connectivity index (χ1v) is 8.68. The molecule has 0 spiro atoms. The maximum absolute atomic E-state index is 12.4. The highest BCUT2D eigenvalue weighted by atomic mass is 32.2. The van der Waals surface area contributed by atoms with Crippen LogP contribution < -0.4 is 10.0 Å². The van der Waals surface area contributed by atoms with E-state index in [9.17, 15) is 8.42 Å². The van der Waals surface area contributed by atoms with Gasteiger partial charge in [-0.25, -0.2) is 13.4 Å². The molecule has 3 rings (SSSR count). The zero-order valence-corrected chi connectivity index (χ0v) is 12.6. The fraction of sp³-hybridized carbons (Fsp3) is 0.308. The van der Waals surface area contributed by atoms with Gasteiger partial charge in [-0.05, 0) is 31.4 Å². The molecular formula is C13H15N3O2S2. The smallest absolute Gasteiger partial charge is 0.265 e. The third kappa shape index (κ3) is 2.38. The van der Waals surface area contributed by atoms with Gasteiger partial charge in [-0.3, -0.25) is 4.72 Å². The standard InChI is InChI=1S/C13H15N3O2S2/c1-14-10-5-2-3-8-12(10)20(17,18)16-13-15-9-6-4-7-11(9)19-13/h2-3,5,8,14H,4,6-7H2,1H3,(H,15,16). The van der Waals surface area contributed by atoms with E-state index < -0.39 is 10.0 Å². The van der Waals surface area contributed by atoms with Crippen LogP contribution >= 0.6 is 11.3 Å². The highest BCUT2D eigenvalue weighted by Crippen LogP contribution is 2.32. The minimum atomic E-state index is -3.61. The van der Waals surface area contributed by atoms with Gasteiger partial charge in [0.25, 0.3) is 10.0 Å². The molecule has 20 heavy (non-hydrogen) atoms. The molecule has 0 unspecified atom stereocenters. The highest BCUT2D eigenvalue weighted by Gasteiger charge is 2.22. The van der Waals surface area contributed by atoms with Crippen molar-refractivity contribution in [3.63, 3.8) is 0 Å². The summed E-state index contributed by atoms with van der Waals surface area (Å²) in [4.78, 5) is 5.80. The molecule has 0 saturated heterocycles. The first kappa shape index (κ1) is 13.4. The molecule has 0 bridgehead atoms. The first-order chi connectivity index (χ1) is 9.60. The van der Waals surface area contributed by atoms with Crippen LogP contribution in [0.2, 0.25) is 0 Å². The number of benzene rings is 1. The fourth-order valence-corrected chi connectivity index (χ4v) is 4.81. The summed E-state index contributed by atoms with van der Waals surface area (Å²) in [7, 11) is -1.91. The number of hydrogen-bond acceptors (Lipinski definition) is 5. The van der Waals surface area contributed by atoms with Crippen LogP contribution in [0, 0.1) is 0 Å². The van der Waals surface area contributed by atoms with E-state index in [1.165, 1.54) is 16.2 Å². The number of anilines is 2. The fourth-order valence-electron chi connectivity index (χ4n) is 2.31. The lowest BCUT2D eigenvalue weighted by Gasteiger charge is -2.10. The minimum absolute atomic E-state index is 0.234. The summed E-state index contributed by atoms with van der Waals surface area (Å²) in [6, 6.07) is 6.81. The lowest BCUT2D eigenvalue weighted by Crippen LogP contribution is -2.14. The van der Waals surface area contributed by atoms with E-state index in [2.05, 4.69) is 15.0 Å². The number of aromatic nitrogens is 1. The third-order valence-electron chi connectivity index (χ3n) is 3.26. The summed E-state index contributed by atoms with van der Waals surface area (Å²) in [5.74, 6) is 0. The van der Waals surface area contributed by atoms with Gasteiger partial charge in [-0.1, -0.05) is 12.1 Å². The Kier molecular flexibility index (Phi) is 3.39. The molecule has 1 aromatic heterocycles. The Morgan fingerprint density at radius 3 is 2.80 bits per heavy atom. The van der Waals surface area contributed by atoms with Crippen molar-refractivity contribution in [1.29, 1.82) is 0 Å². The Morgan fingerprint density at radius 2 is 2.05 bits per heavy atom. The number of rotatable bonds is 4. The highest BCUT2D eigenvalue weighted by molar-refractivity contribution is 7.93. The molecule has 5 nitrogen and oxygen atoms in total. The summed E-state index contributed by atoms with van der Waals surface area (Å²) < 4.78 is 27.4. The van der Waals surface area contributed by atoms with Crippen molar-refractivity contribution in [2.75, 3.05) is 17.1 Å². The third-order valence-corrected chi connectivity index (χ3v) is 5.86. The van der Waals surface area contributed by atoms with Crippen LogP contribution in [0.25, 0.3) is 0 Å². The zero-order valence-electron chi connectivity index (χ0n) is 11.0. The molecule has 0 aliphatic heterocycles. The number of nitrogens with one attached hydrogen (secondary N) is 2. The predicted octanol–water partition coefficient (Wildman–Crippen LogP) is 2.47. The second-order valence-corrected chi connectivity index (χ2v) is 7.33. The molecule has 0 amide bonds. The van der Waals surface area contributed by atoms with Crippen LogP contribution in [0.3, 0.4) is 0 Å². The van der Waals surface area contributed by atoms with Crippen molar-refractivity contribution in [2.45, 2.75) is 24.2 Å². The van der Waals surface area contributed by atoms with Gasteiger partial charge >= 0.3 is 0 Å². The van der Waals surface area contributed by atoms with Crippen LogP contribution in [0.4, 0.5) is 10.8 Å². The Balaban J connectivity index is 1.92. The maximum atomic E-state index is 12.4. The SMILES string of the molecule is CNc1ccccc1S(=O)(=O)Nc1nc2c(s1)CCC2.